The molecular weight excluding hydrogens is 488 g/mol. The second-order valence-corrected chi connectivity index (χ2v) is 10.3. The number of ether oxygens (including phenoxy) is 1. The fraction of sp³-hybridized carbons (Fsp3) is 0.0270. The summed E-state index contributed by atoms with van der Waals surface area (Å²) in [5.41, 5.74) is 11.6. The number of rotatable bonds is 4. The molecule has 0 aliphatic rings. The van der Waals surface area contributed by atoms with Crippen LogP contribution in [-0.2, 0) is 0 Å². The molecule has 190 valence electrons. The Balaban J connectivity index is 1.41. The average Bonchev–Trinajstić information content (AvgIpc) is 3.59. The van der Waals surface area contributed by atoms with Crippen molar-refractivity contribution in [3.05, 3.63) is 127 Å². The van der Waals surface area contributed by atoms with Crippen LogP contribution in [0.25, 0.3) is 77.0 Å². The fourth-order valence-electron chi connectivity index (χ4n) is 6.26. The second-order valence-electron chi connectivity index (χ2n) is 10.3. The van der Waals surface area contributed by atoms with E-state index < -0.39 is 0 Å². The van der Waals surface area contributed by atoms with Gasteiger partial charge in [0, 0.05) is 43.7 Å². The molecule has 0 unspecified atom stereocenters. The molecule has 0 radical (unpaired) electrons. The minimum atomic E-state index is 0.834. The first-order valence-electron chi connectivity index (χ1n) is 13.6. The second kappa shape index (κ2) is 8.89. The van der Waals surface area contributed by atoms with Crippen LogP contribution in [0.5, 0.6) is 5.75 Å². The van der Waals surface area contributed by atoms with Crippen molar-refractivity contribution < 1.29 is 4.74 Å². The Morgan fingerprint density at radius 3 is 1.43 bits per heavy atom. The van der Waals surface area contributed by atoms with Crippen molar-refractivity contribution in [1.82, 2.24) is 9.97 Å². The third kappa shape index (κ3) is 3.38. The number of nitrogens with one attached hydrogen (secondary N) is 2. The van der Waals surface area contributed by atoms with Gasteiger partial charge in [-0.25, -0.2) is 0 Å². The summed E-state index contributed by atoms with van der Waals surface area (Å²) in [6, 6.07) is 45.3. The molecule has 0 bridgehead atoms. The molecular formula is C37H26N2O. The van der Waals surface area contributed by atoms with Crippen LogP contribution < -0.4 is 4.74 Å². The lowest BCUT2D eigenvalue weighted by atomic mass is 9.88. The molecule has 2 heterocycles. The van der Waals surface area contributed by atoms with Crippen LogP contribution in [0.15, 0.2) is 127 Å². The van der Waals surface area contributed by atoms with Gasteiger partial charge in [-0.3, -0.25) is 0 Å². The number of aromatic nitrogens is 2. The van der Waals surface area contributed by atoms with Gasteiger partial charge in [0.15, 0.2) is 0 Å². The highest BCUT2D eigenvalue weighted by Crippen LogP contribution is 2.44. The highest BCUT2D eigenvalue weighted by Gasteiger charge is 2.18. The number of benzene rings is 6. The molecule has 2 aromatic heterocycles. The molecule has 8 aromatic rings. The maximum absolute atomic E-state index is 5.74. The van der Waals surface area contributed by atoms with Crippen molar-refractivity contribution in [2.24, 2.45) is 0 Å². The number of para-hydroxylation sites is 4. The largest absolute Gasteiger partial charge is 0.497 e. The number of H-pyrrole nitrogens is 2. The predicted molar refractivity (Wildman–Crippen MR) is 168 cm³/mol. The lowest BCUT2D eigenvalue weighted by Crippen LogP contribution is -1.92. The highest BCUT2D eigenvalue weighted by atomic mass is 16.5. The van der Waals surface area contributed by atoms with Crippen molar-refractivity contribution in [3.63, 3.8) is 0 Å². The van der Waals surface area contributed by atoms with Crippen LogP contribution >= 0.6 is 0 Å². The summed E-state index contributed by atoms with van der Waals surface area (Å²) in [5, 5.41) is 4.94. The molecule has 6 aromatic carbocycles. The van der Waals surface area contributed by atoms with E-state index in [1.54, 1.807) is 7.11 Å². The molecule has 2 N–H and O–H groups in total. The summed E-state index contributed by atoms with van der Waals surface area (Å²) in [6.07, 6.45) is 0. The van der Waals surface area contributed by atoms with E-state index in [1.807, 2.05) is 0 Å². The van der Waals surface area contributed by atoms with Crippen LogP contribution in [0, 0.1) is 0 Å². The van der Waals surface area contributed by atoms with Gasteiger partial charge in [-0.05, 0) is 52.6 Å². The van der Waals surface area contributed by atoms with E-state index in [-0.39, 0.29) is 0 Å². The van der Waals surface area contributed by atoms with Crippen molar-refractivity contribution in [2.75, 3.05) is 7.11 Å². The van der Waals surface area contributed by atoms with Crippen molar-refractivity contribution in [2.45, 2.75) is 0 Å². The van der Waals surface area contributed by atoms with Crippen molar-refractivity contribution >= 4 is 43.6 Å². The van der Waals surface area contributed by atoms with Gasteiger partial charge in [-0.2, -0.15) is 0 Å². The van der Waals surface area contributed by atoms with Gasteiger partial charge >= 0.3 is 0 Å². The molecule has 40 heavy (non-hydrogen) atoms. The van der Waals surface area contributed by atoms with Gasteiger partial charge in [0.2, 0.25) is 0 Å². The molecule has 3 heteroatoms. The van der Waals surface area contributed by atoms with Crippen LogP contribution in [0.4, 0.5) is 0 Å². The van der Waals surface area contributed by atoms with Gasteiger partial charge in [-0.15, -0.1) is 0 Å². The van der Waals surface area contributed by atoms with E-state index >= 15 is 0 Å². The molecule has 0 aliphatic heterocycles. The zero-order chi connectivity index (χ0) is 26.6. The maximum atomic E-state index is 5.74. The molecule has 0 atom stereocenters. The monoisotopic (exact) mass is 514 g/mol. The zero-order valence-corrected chi connectivity index (χ0v) is 22.0. The standard InChI is InChI=1S/C37H26N2O/c1-40-23-20-21-26(30-15-9-17-32-28-13-5-7-19-35(28)39-37(30)32)33(22-23)25-11-3-2-10-24(25)29-14-8-16-31-27-12-4-6-18-34(27)38-36(29)31/h2-22,38-39H,1H3. The maximum Gasteiger partial charge on any atom is 0.119 e. The number of aromatic amines is 2. The van der Waals surface area contributed by atoms with E-state index in [2.05, 4.69) is 137 Å². The normalized spacial score (nSPS) is 11.6. The zero-order valence-electron chi connectivity index (χ0n) is 22.0. The first-order valence-corrected chi connectivity index (χ1v) is 13.6. The third-order valence-corrected chi connectivity index (χ3v) is 8.11. The lowest BCUT2D eigenvalue weighted by molar-refractivity contribution is 0.415. The van der Waals surface area contributed by atoms with Crippen LogP contribution in [0.2, 0.25) is 0 Å². The topological polar surface area (TPSA) is 40.8 Å². The highest BCUT2D eigenvalue weighted by molar-refractivity contribution is 6.15. The summed E-state index contributed by atoms with van der Waals surface area (Å²) in [5.74, 6) is 0.834. The Morgan fingerprint density at radius 1 is 0.400 bits per heavy atom. The number of hydrogen-bond donors (Lipinski definition) is 2. The summed E-state index contributed by atoms with van der Waals surface area (Å²) in [6.45, 7) is 0. The van der Waals surface area contributed by atoms with E-state index in [0.29, 0.717) is 0 Å². The minimum Gasteiger partial charge on any atom is -0.497 e. The summed E-state index contributed by atoms with van der Waals surface area (Å²) < 4.78 is 5.74. The molecule has 0 fully saturated rings. The summed E-state index contributed by atoms with van der Waals surface area (Å²) in [4.78, 5) is 7.40. The number of hydrogen-bond acceptors (Lipinski definition) is 1. The van der Waals surface area contributed by atoms with Crippen LogP contribution in [0.1, 0.15) is 0 Å². The minimum absolute atomic E-state index is 0.834. The Kier molecular flexibility index (Phi) is 5.04. The molecule has 0 spiro atoms. The van der Waals surface area contributed by atoms with E-state index in [4.69, 9.17) is 4.74 Å². The quantitative estimate of drug-likeness (QED) is 0.241. The molecule has 0 aliphatic carbocycles. The predicted octanol–water partition coefficient (Wildman–Crippen LogP) is 9.97. The summed E-state index contributed by atoms with van der Waals surface area (Å²) >= 11 is 0. The Morgan fingerprint density at radius 2 is 0.850 bits per heavy atom. The van der Waals surface area contributed by atoms with Crippen molar-refractivity contribution in [3.8, 4) is 39.1 Å². The SMILES string of the molecule is COc1ccc(-c2cccc3c2[nH]c2ccccc23)c(-c2ccccc2-c2cccc3c2[nH]c2ccccc23)c1. The van der Waals surface area contributed by atoms with E-state index in [9.17, 15) is 0 Å². The molecule has 0 saturated carbocycles. The fourth-order valence-corrected chi connectivity index (χ4v) is 6.26. The van der Waals surface area contributed by atoms with Crippen LogP contribution in [0.3, 0.4) is 0 Å². The van der Waals surface area contributed by atoms with Crippen molar-refractivity contribution in [1.29, 1.82) is 0 Å². The average molecular weight is 515 g/mol. The van der Waals surface area contributed by atoms with Gasteiger partial charge in [-0.1, -0.05) is 97.1 Å². The Labute approximate surface area is 231 Å². The molecule has 0 saturated heterocycles. The number of methoxy groups -OCH3 is 1. The summed E-state index contributed by atoms with van der Waals surface area (Å²) in [7, 11) is 1.73. The van der Waals surface area contributed by atoms with Crippen LogP contribution in [-0.4, -0.2) is 17.1 Å². The van der Waals surface area contributed by atoms with Gasteiger partial charge in [0.05, 0.1) is 18.1 Å². The first kappa shape index (κ1) is 22.7. The van der Waals surface area contributed by atoms with E-state index in [0.717, 1.165) is 44.5 Å². The molecule has 3 nitrogen and oxygen atoms in total. The first-order chi connectivity index (χ1) is 19.8. The molecule has 8 rings (SSSR count). The lowest BCUT2D eigenvalue weighted by Gasteiger charge is -2.17. The molecule has 0 amide bonds. The number of fused-ring (bicyclic) bond motifs is 6. The van der Waals surface area contributed by atoms with Gasteiger partial charge < -0.3 is 14.7 Å². The third-order valence-electron chi connectivity index (χ3n) is 8.11. The van der Waals surface area contributed by atoms with E-state index in [1.165, 1.54) is 38.2 Å². The smallest absolute Gasteiger partial charge is 0.119 e. The van der Waals surface area contributed by atoms with Gasteiger partial charge in [0.1, 0.15) is 5.75 Å². The van der Waals surface area contributed by atoms with Gasteiger partial charge in [0.25, 0.3) is 0 Å². The Bertz CT molecular complexity index is 2220. The Hall–Kier alpha value is -5.28.